The first kappa shape index (κ1) is 19.3. The first-order valence-corrected chi connectivity index (χ1v) is 8.84. The van der Waals surface area contributed by atoms with Crippen LogP contribution >= 0.6 is 0 Å². The molecule has 2 aliphatic heterocycles. The van der Waals surface area contributed by atoms with Crippen molar-refractivity contribution in [2.45, 2.75) is 38.4 Å². The van der Waals surface area contributed by atoms with Crippen molar-refractivity contribution in [3.05, 3.63) is 0 Å². The summed E-state index contributed by atoms with van der Waals surface area (Å²) < 4.78 is 37.3. The zero-order chi connectivity index (χ0) is 17.6. The summed E-state index contributed by atoms with van der Waals surface area (Å²) in [5, 5.41) is 6.52. The van der Waals surface area contributed by atoms with Crippen LogP contribution in [0.1, 0.15) is 26.2 Å². The van der Waals surface area contributed by atoms with Crippen molar-refractivity contribution in [1.29, 1.82) is 0 Å². The van der Waals surface area contributed by atoms with Crippen molar-refractivity contribution < 1.29 is 13.2 Å². The average Bonchev–Trinajstić information content (AvgIpc) is 2.91. The lowest BCUT2D eigenvalue weighted by Crippen LogP contribution is -2.47. The number of rotatable bonds is 5. The highest BCUT2D eigenvalue weighted by molar-refractivity contribution is 5.80. The Bertz CT molecular complexity index is 413. The molecule has 140 valence electrons. The first-order chi connectivity index (χ1) is 11.4. The van der Waals surface area contributed by atoms with Crippen molar-refractivity contribution in [2.75, 3.05) is 52.9 Å². The fourth-order valence-corrected chi connectivity index (χ4v) is 3.56. The largest absolute Gasteiger partial charge is 0.401 e. The maximum Gasteiger partial charge on any atom is 0.401 e. The van der Waals surface area contributed by atoms with Crippen LogP contribution in [-0.4, -0.2) is 80.8 Å². The Morgan fingerprint density at radius 1 is 1.17 bits per heavy atom. The third-order valence-corrected chi connectivity index (χ3v) is 4.70. The minimum atomic E-state index is -4.12. The van der Waals surface area contributed by atoms with Gasteiger partial charge in [0.25, 0.3) is 0 Å². The maximum atomic E-state index is 12.4. The molecule has 0 aromatic carbocycles. The number of nitrogens with one attached hydrogen (secondary N) is 2. The van der Waals surface area contributed by atoms with E-state index in [1.807, 2.05) is 0 Å². The Balaban J connectivity index is 1.66. The van der Waals surface area contributed by atoms with Gasteiger partial charge in [0.2, 0.25) is 0 Å². The van der Waals surface area contributed by atoms with Crippen LogP contribution in [0.15, 0.2) is 4.99 Å². The lowest BCUT2D eigenvalue weighted by atomic mass is 10.0. The molecule has 0 aromatic rings. The van der Waals surface area contributed by atoms with Gasteiger partial charge in [-0.05, 0) is 31.7 Å². The molecule has 8 heteroatoms. The standard InChI is InChI=1S/C16H30F3N5/c1-13-4-3-7-23(10-13)9-6-21-15(20-2)22-14-5-8-24(11-14)12-16(17,18)19/h13-14H,3-12H2,1-2H3,(H2,20,21,22). The number of hydrogen-bond donors (Lipinski definition) is 2. The summed E-state index contributed by atoms with van der Waals surface area (Å²) >= 11 is 0. The highest BCUT2D eigenvalue weighted by Crippen LogP contribution is 2.20. The molecule has 0 saturated carbocycles. The molecule has 0 aromatic heterocycles. The minimum Gasteiger partial charge on any atom is -0.355 e. The van der Waals surface area contributed by atoms with E-state index in [-0.39, 0.29) is 6.04 Å². The molecule has 2 fully saturated rings. The number of hydrogen-bond acceptors (Lipinski definition) is 3. The number of aliphatic imine (C=N–C) groups is 1. The van der Waals surface area contributed by atoms with E-state index < -0.39 is 12.7 Å². The van der Waals surface area contributed by atoms with Gasteiger partial charge in [-0.3, -0.25) is 9.89 Å². The van der Waals surface area contributed by atoms with Crippen LogP contribution in [0.5, 0.6) is 0 Å². The monoisotopic (exact) mass is 349 g/mol. The Hall–Kier alpha value is -1.02. The fourth-order valence-electron chi connectivity index (χ4n) is 3.56. The maximum absolute atomic E-state index is 12.4. The second-order valence-corrected chi connectivity index (χ2v) is 7.03. The van der Waals surface area contributed by atoms with E-state index >= 15 is 0 Å². The van der Waals surface area contributed by atoms with Gasteiger partial charge in [-0.1, -0.05) is 6.92 Å². The van der Waals surface area contributed by atoms with E-state index in [1.165, 1.54) is 17.7 Å². The normalized spacial score (nSPS) is 27.5. The molecule has 2 N–H and O–H groups in total. The van der Waals surface area contributed by atoms with Gasteiger partial charge in [-0.2, -0.15) is 13.2 Å². The molecule has 0 amide bonds. The zero-order valence-corrected chi connectivity index (χ0v) is 14.7. The molecule has 2 atom stereocenters. The van der Waals surface area contributed by atoms with Gasteiger partial charge in [0.1, 0.15) is 0 Å². The molecule has 0 bridgehead atoms. The summed E-state index contributed by atoms with van der Waals surface area (Å²) in [6.07, 6.45) is -0.852. The summed E-state index contributed by atoms with van der Waals surface area (Å²) in [6.45, 7) is 6.39. The first-order valence-electron chi connectivity index (χ1n) is 8.84. The Kier molecular flexibility index (Phi) is 7.16. The SMILES string of the molecule is CN=C(NCCN1CCCC(C)C1)NC1CCN(CC(F)(F)F)C1. The molecule has 2 aliphatic rings. The molecule has 5 nitrogen and oxygen atoms in total. The summed E-state index contributed by atoms with van der Waals surface area (Å²) in [6, 6.07) is 0.0218. The molecule has 0 aliphatic carbocycles. The van der Waals surface area contributed by atoms with E-state index in [0.717, 1.165) is 32.1 Å². The van der Waals surface area contributed by atoms with Gasteiger partial charge >= 0.3 is 6.18 Å². The number of nitrogens with zero attached hydrogens (tertiary/aromatic N) is 3. The second kappa shape index (κ2) is 8.89. The predicted molar refractivity (Wildman–Crippen MR) is 90.2 cm³/mol. The molecule has 2 rings (SSSR count). The Morgan fingerprint density at radius 3 is 2.62 bits per heavy atom. The van der Waals surface area contributed by atoms with E-state index in [9.17, 15) is 13.2 Å². The molecule has 0 radical (unpaired) electrons. The quantitative estimate of drug-likeness (QED) is 0.583. The van der Waals surface area contributed by atoms with Gasteiger partial charge in [0, 0.05) is 45.8 Å². The van der Waals surface area contributed by atoms with Gasteiger partial charge < -0.3 is 15.5 Å². The molecule has 24 heavy (non-hydrogen) atoms. The van der Waals surface area contributed by atoms with E-state index in [0.29, 0.717) is 25.5 Å². The van der Waals surface area contributed by atoms with Crippen LogP contribution in [-0.2, 0) is 0 Å². The van der Waals surface area contributed by atoms with Crippen molar-refractivity contribution in [3.8, 4) is 0 Å². The molecule has 2 heterocycles. The van der Waals surface area contributed by atoms with E-state index in [2.05, 4.69) is 27.4 Å². The van der Waals surface area contributed by atoms with Crippen LogP contribution in [0.25, 0.3) is 0 Å². The van der Waals surface area contributed by atoms with Crippen LogP contribution in [0.3, 0.4) is 0 Å². The zero-order valence-electron chi connectivity index (χ0n) is 14.7. The number of guanidine groups is 1. The topological polar surface area (TPSA) is 42.9 Å². The Labute approximate surface area is 142 Å². The Morgan fingerprint density at radius 2 is 1.96 bits per heavy atom. The lowest BCUT2D eigenvalue weighted by molar-refractivity contribution is -0.143. The smallest absolute Gasteiger partial charge is 0.355 e. The molecular weight excluding hydrogens is 319 g/mol. The van der Waals surface area contributed by atoms with Crippen LogP contribution in [0.4, 0.5) is 13.2 Å². The highest BCUT2D eigenvalue weighted by atomic mass is 19.4. The third kappa shape index (κ3) is 6.84. The highest BCUT2D eigenvalue weighted by Gasteiger charge is 2.34. The lowest BCUT2D eigenvalue weighted by Gasteiger charge is -2.31. The van der Waals surface area contributed by atoms with Gasteiger partial charge in [-0.25, -0.2) is 0 Å². The minimum absolute atomic E-state index is 0.0218. The third-order valence-electron chi connectivity index (χ3n) is 4.70. The molecule has 2 unspecified atom stereocenters. The number of likely N-dealkylation sites (tertiary alicyclic amines) is 2. The van der Waals surface area contributed by atoms with Crippen molar-refractivity contribution in [3.63, 3.8) is 0 Å². The average molecular weight is 349 g/mol. The summed E-state index contributed by atoms with van der Waals surface area (Å²) in [5.74, 6) is 1.44. The summed E-state index contributed by atoms with van der Waals surface area (Å²) in [4.78, 5) is 8.08. The van der Waals surface area contributed by atoms with Crippen LogP contribution < -0.4 is 10.6 Å². The summed E-state index contributed by atoms with van der Waals surface area (Å²) in [5.41, 5.74) is 0. The second-order valence-electron chi connectivity index (χ2n) is 7.03. The van der Waals surface area contributed by atoms with E-state index in [4.69, 9.17) is 0 Å². The van der Waals surface area contributed by atoms with Crippen molar-refractivity contribution in [1.82, 2.24) is 20.4 Å². The summed E-state index contributed by atoms with van der Waals surface area (Å²) in [7, 11) is 1.70. The molecular formula is C16H30F3N5. The molecule has 2 saturated heterocycles. The van der Waals surface area contributed by atoms with Gasteiger partial charge in [-0.15, -0.1) is 0 Å². The van der Waals surface area contributed by atoms with Gasteiger partial charge in [0.15, 0.2) is 5.96 Å². The van der Waals surface area contributed by atoms with Gasteiger partial charge in [0.05, 0.1) is 6.54 Å². The number of alkyl halides is 3. The van der Waals surface area contributed by atoms with Crippen LogP contribution in [0.2, 0.25) is 0 Å². The van der Waals surface area contributed by atoms with E-state index in [1.54, 1.807) is 7.05 Å². The fraction of sp³-hybridized carbons (Fsp3) is 0.938. The molecule has 0 spiro atoms. The number of piperidine rings is 1. The van der Waals surface area contributed by atoms with Crippen LogP contribution in [0, 0.1) is 5.92 Å². The van der Waals surface area contributed by atoms with Crippen molar-refractivity contribution in [2.24, 2.45) is 10.9 Å². The number of halogens is 3. The van der Waals surface area contributed by atoms with Crippen molar-refractivity contribution >= 4 is 5.96 Å². The predicted octanol–water partition coefficient (Wildman–Crippen LogP) is 1.52.